The molecule has 0 aliphatic rings. The Morgan fingerprint density at radius 1 is 0.846 bits per heavy atom. The van der Waals surface area contributed by atoms with E-state index >= 15 is 0 Å². The molecule has 0 radical (unpaired) electrons. The molecule has 154 valence electrons. The third-order valence-electron chi connectivity index (χ3n) is 5.12. The lowest BCUT2D eigenvalue weighted by atomic mass is 9.84. The standard InChI is InChI=1S/C21H39IO4/c1-3-5-10-14-18(13-4-2)17-21(22,20(25)26)16-12-9-7-6-8-11-15-19(23)24/h18H,3-17H2,1-2H3,(H,23,24)(H,25,26). The minimum absolute atomic E-state index is 0.257. The molecule has 0 heterocycles. The number of aliphatic carboxylic acids is 2. The number of carbonyl (C=O) groups is 2. The van der Waals surface area contributed by atoms with E-state index in [0.29, 0.717) is 5.92 Å². The van der Waals surface area contributed by atoms with Crippen LogP contribution in [-0.4, -0.2) is 25.6 Å². The first kappa shape index (κ1) is 25.7. The predicted octanol–water partition coefficient (Wildman–Crippen LogP) is 6.84. The molecule has 26 heavy (non-hydrogen) atoms. The predicted molar refractivity (Wildman–Crippen MR) is 116 cm³/mol. The maximum Gasteiger partial charge on any atom is 0.319 e. The summed E-state index contributed by atoms with van der Waals surface area (Å²) in [5.74, 6) is -0.853. The molecule has 2 N–H and O–H groups in total. The number of carboxylic acids is 2. The molecule has 0 aliphatic carbocycles. The zero-order chi connectivity index (χ0) is 19.8. The van der Waals surface area contributed by atoms with Gasteiger partial charge >= 0.3 is 11.9 Å². The van der Waals surface area contributed by atoms with E-state index in [2.05, 4.69) is 36.4 Å². The van der Waals surface area contributed by atoms with Gasteiger partial charge in [0.25, 0.3) is 0 Å². The normalized spacial score (nSPS) is 14.7. The van der Waals surface area contributed by atoms with E-state index in [0.717, 1.165) is 70.6 Å². The third-order valence-corrected chi connectivity index (χ3v) is 6.56. The molecule has 0 aliphatic heterocycles. The first-order chi connectivity index (χ1) is 12.4. The third kappa shape index (κ3) is 12.9. The Labute approximate surface area is 173 Å². The van der Waals surface area contributed by atoms with E-state index in [1.165, 1.54) is 19.3 Å². The summed E-state index contributed by atoms with van der Waals surface area (Å²) >= 11 is 2.20. The van der Waals surface area contributed by atoms with E-state index in [-0.39, 0.29) is 6.42 Å². The summed E-state index contributed by atoms with van der Waals surface area (Å²) in [5, 5.41) is 18.4. The molecule has 0 spiro atoms. The Morgan fingerprint density at radius 3 is 2.00 bits per heavy atom. The summed E-state index contributed by atoms with van der Waals surface area (Å²) in [6.45, 7) is 4.39. The van der Waals surface area contributed by atoms with Crippen LogP contribution in [0, 0.1) is 5.92 Å². The lowest BCUT2D eigenvalue weighted by Crippen LogP contribution is -2.34. The molecule has 0 aromatic carbocycles. The number of halogens is 1. The van der Waals surface area contributed by atoms with Crippen LogP contribution in [0.25, 0.3) is 0 Å². The highest BCUT2D eigenvalue weighted by Gasteiger charge is 2.36. The summed E-state index contributed by atoms with van der Waals surface area (Å²) in [6, 6.07) is 0. The summed E-state index contributed by atoms with van der Waals surface area (Å²) in [5.41, 5.74) is 0. The number of hydrogen-bond acceptors (Lipinski definition) is 2. The largest absolute Gasteiger partial charge is 0.481 e. The first-order valence-corrected chi connectivity index (χ1v) is 11.6. The van der Waals surface area contributed by atoms with Gasteiger partial charge in [-0.25, -0.2) is 0 Å². The fourth-order valence-electron chi connectivity index (χ4n) is 3.58. The van der Waals surface area contributed by atoms with Gasteiger partial charge in [-0.2, -0.15) is 0 Å². The van der Waals surface area contributed by atoms with Crippen LogP contribution < -0.4 is 0 Å². The lowest BCUT2D eigenvalue weighted by Gasteiger charge is -2.28. The second kappa shape index (κ2) is 15.7. The molecule has 2 atom stereocenters. The van der Waals surface area contributed by atoms with Crippen molar-refractivity contribution in [2.75, 3.05) is 0 Å². The van der Waals surface area contributed by atoms with Crippen LogP contribution in [0.1, 0.15) is 110 Å². The van der Waals surface area contributed by atoms with Crippen molar-refractivity contribution in [3.8, 4) is 0 Å². The van der Waals surface area contributed by atoms with Crippen molar-refractivity contribution < 1.29 is 19.8 Å². The van der Waals surface area contributed by atoms with Crippen molar-refractivity contribution in [3.63, 3.8) is 0 Å². The highest BCUT2D eigenvalue weighted by molar-refractivity contribution is 14.1. The average Bonchev–Trinajstić information content (AvgIpc) is 2.57. The second-order valence-corrected chi connectivity index (χ2v) is 9.71. The quantitative estimate of drug-likeness (QED) is 0.127. The number of rotatable bonds is 18. The number of carboxylic acid groups (broad SMARTS) is 2. The zero-order valence-corrected chi connectivity index (χ0v) is 18.9. The van der Waals surface area contributed by atoms with Gasteiger partial charge in [-0.1, -0.05) is 107 Å². The van der Waals surface area contributed by atoms with Gasteiger partial charge in [0.05, 0.1) is 0 Å². The van der Waals surface area contributed by atoms with Crippen LogP contribution in [0.5, 0.6) is 0 Å². The number of hydrogen-bond donors (Lipinski definition) is 2. The maximum absolute atomic E-state index is 11.9. The Hall–Kier alpha value is -0.330. The van der Waals surface area contributed by atoms with Gasteiger partial charge in [0.2, 0.25) is 0 Å². The Kier molecular flexibility index (Phi) is 15.5. The minimum Gasteiger partial charge on any atom is -0.481 e. The average molecular weight is 482 g/mol. The number of alkyl halides is 1. The van der Waals surface area contributed by atoms with Crippen molar-refractivity contribution in [1.29, 1.82) is 0 Å². The van der Waals surface area contributed by atoms with Gasteiger partial charge in [0.15, 0.2) is 0 Å². The fraction of sp³-hybridized carbons (Fsp3) is 0.905. The fourth-order valence-corrected chi connectivity index (χ4v) is 4.59. The molecule has 0 saturated carbocycles. The highest BCUT2D eigenvalue weighted by Crippen LogP contribution is 2.37. The molecule has 0 rings (SSSR count). The molecule has 5 heteroatoms. The van der Waals surface area contributed by atoms with Gasteiger partial charge in [0.1, 0.15) is 3.42 Å². The lowest BCUT2D eigenvalue weighted by molar-refractivity contribution is -0.140. The molecule has 0 amide bonds. The zero-order valence-electron chi connectivity index (χ0n) is 16.8. The first-order valence-electron chi connectivity index (χ1n) is 10.5. The van der Waals surface area contributed by atoms with Crippen molar-refractivity contribution in [2.24, 2.45) is 5.92 Å². The second-order valence-electron chi connectivity index (χ2n) is 7.64. The van der Waals surface area contributed by atoms with Crippen LogP contribution in [0.3, 0.4) is 0 Å². The SMILES string of the molecule is CCCCCC(CCC)CC(I)(CCCCCCCCC(=O)O)C(=O)O. The maximum atomic E-state index is 11.9. The van der Waals surface area contributed by atoms with Crippen LogP contribution in [0.15, 0.2) is 0 Å². The molecule has 0 saturated heterocycles. The molecular weight excluding hydrogens is 443 g/mol. The van der Waals surface area contributed by atoms with E-state index < -0.39 is 15.4 Å². The van der Waals surface area contributed by atoms with E-state index in [1.807, 2.05) is 0 Å². The summed E-state index contributed by atoms with van der Waals surface area (Å²) in [4.78, 5) is 22.4. The van der Waals surface area contributed by atoms with E-state index in [1.54, 1.807) is 0 Å². The summed E-state index contributed by atoms with van der Waals surface area (Å²) < 4.78 is -0.632. The smallest absolute Gasteiger partial charge is 0.319 e. The van der Waals surface area contributed by atoms with Crippen molar-refractivity contribution in [2.45, 2.75) is 114 Å². The molecule has 0 fully saturated rings. The molecule has 2 unspecified atom stereocenters. The monoisotopic (exact) mass is 482 g/mol. The van der Waals surface area contributed by atoms with Gasteiger partial charge in [-0.15, -0.1) is 0 Å². The van der Waals surface area contributed by atoms with Crippen molar-refractivity contribution >= 4 is 34.5 Å². The Bertz CT molecular complexity index is 386. The Morgan fingerprint density at radius 2 is 1.46 bits per heavy atom. The minimum atomic E-state index is -0.721. The topological polar surface area (TPSA) is 74.6 Å². The summed E-state index contributed by atoms with van der Waals surface area (Å²) in [6.07, 6.45) is 14.7. The van der Waals surface area contributed by atoms with Crippen LogP contribution in [0.2, 0.25) is 0 Å². The van der Waals surface area contributed by atoms with E-state index in [9.17, 15) is 14.7 Å². The van der Waals surface area contributed by atoms with Gasteiger partial charge in [-0.05, 0) is 25.2 Å². The molecule has 0 aromatic heterocycles. The molecular formula is C21H39IO4. The number of unbranched alkanes of at least 4 members (excludes halogenated alkanes) is 7. The van der Waals surface area contributed by atoms with Gasteiger partial charge < -0.3 is 10.2 Å². The molecule has 0 aromatic rings. The molecule has 4 nitrogen and oxygen atoms in total. The van der Waals surface area contributed by atoms with Crippen LogP contribution in [0.4, 0.5) is 0 Å². The van der Waals surface area contributed by atoms with Gasteiger partial charge in [0, 0.05) is 6.42 Å². The highest BCUT2D eigenvalue weighted by atomic mass is 127. The van der Waals surface area contributed by atoms with Crippen molar-refractivity contribution in [3.05, 3.63) is 0 Å². The van der Waals surface area contributed by atoms with Crippen LogP contribution >= 0.6 is 22.6 Å². The molecule has 0 bridgehead atoms. The van der Waals surface area contributed by atoms with Crippen LogP contribution in [-0.2, 0) is 9.59 Å². The van der Waals surface area contributed by atoms with Gasteiger partial charge in [-0.3, -0.25) is 9.59 Å². The Balaban J connectivity index is 4.23. The van der Waals surface area contributed by atoms with Crippen molar-refractivity contribution in [1.82, 2.24) is 0 Å². The van der Waals surface area contributed by atoms with E-state index in [4.69, 9.17) is 5.11 Å². The summed E-state index contributed by atoms with van der Waals surface area (Å²) in [7, 11) is 0.